The highest BCUT2D eigenvalue weighted by Crippen LogP contribution is 2.54. The van der Waals surface area contributed by atoms with Gasteiger partial charge in [-0.25, -0.2) is 0 Å². The van der Waals surface area contributed by atoms with Gasteiger partial charge in [0.15, 0.2) is 11.6 Å². The van der Waals surface area contributed by atoms with Gasteiger partial charge >= 0.3 is 0 Å². The third-order valence-corrected chi connectivity index (χ3v) is 9.59. The second kappa shape index (κ2) is 9.68. The number of anilines is 3. The molecule has 0 saturated heterocycles. The van der Waals surface area contributed by atoms with Crippen LogP contribution in [0, 0.1) is 0 Å². The number of allylic oxidation sites excluding steroid dienone is 1. The fraction of sp³-hybridized carbons (Fsp3) is 0.189. The summed E-state index contributed by atoms with van der Waals surface area (Å²) in [7, 11) is 0. The topological polar surface area (TPSA) is 63.2 Å². The molecule has 5 nitrogen and oxygen atoms in total. The lowest BCUT2D eigenvalue weighted by Gasteiger charge is -2.28. The highest BCUT2D eigenvalue weighted by molar-refractivity contribution is 7.16. The molecule has 6 heteroatoms. The van der Waals surface area contributed by atoms with Crippen molar-refractivity contribution in [2.45, 2.75) is 45.4 Å². The van der Waals surface area contributed by atoms with E-state index in [2.05, 4.69) is 105 Å². The number of aromatic nitrogens is 2. The average molecular weight is 582 g/mol. The standard InChI is InChI=1S/C37H31N3O2S/c1-36(2,3)32-14-12-24(20-39-32)40(22-9-7-6-8-10-22)23-11-13-27-30(17-23)37(4,5)31-19-25(43-35(27)31)18-28-33(41)26-15-16-38-21-29(26)34(28)42/h6-21H,1-5H3/b28-18+. The minimum atomic E-state index is -0.263. The average Bonchev–Trinajstić information content (AvgIpc) is 3.59. The van der Waals surface area contributed by atoms with Crippen molar-refractivity contribution >= 4 is 46.0 Å². The van der Waals surface area contributed by atoms with Gasteiger partial charge in [-0.1, -0.05) is 58.9 Å². The predicted octanol–water partition coefficient (Wildman–Crippen LogP) is 9.07. The zero-order chi connectivity index (χ0) is 30.1. The number of Topliss-reactive ketones (excluding diaryl/α,β-unsaturated/α-hetero) is 2. The van der Waals surface area contributed by atoms with Crippen LogP contribution < -0.4 is 4.90 Å². The fourth-order valence-electron chi connectivity index (χ4n) is 6.10. The largest absolute Gasteiger partial charge is 0.309 e. The van der Waals surface area contributed by atoms with Crippen LogP contribution in [0.3, 0.4) is 0 Å². The molecule has 0 radical (unpaired) electrons. The highest BCUT2D eigenvalue weighted by Gasteiger charge is 2.39. The molecule has 2 aliphatic rings. The van der Waals surface area contributed by atoms with Gasteiger partial charge in [0.25, 0.3) is 0 Å². The number of ketones is 2. The fourth-order valence-corrected chi connectivity index (χ4v) is 7.40. The van der Waals surface area contributed by atoms with Crippen LogP contribution in [0.25, 0.3) is 16.5 Å². The zero-order valence-corrected chi connectivity index (χ0v) is 25.6. The molecule has 0 saturated carbocycles. The third kappa shape index (κ3) is 4.36. The molecular formula is C37H31N3O2S. The van der Waals surface area contributed by atoms with Gasteiger partial charge in [-0.2, -0.15) is 0 Å². The number of nitrogens with zero attached hydrogens (tertiary/aromatic N) is 3. The van der Waals surface area contributed by atoms with Gasteiger partial charge in [0, 0.05) is 55.6 Å². The number of fused-ring (bicyclic) bond motifs is 4. The normalized spacial score (nSPS) is 15.9. The van der Waals surface area contributed by atoms with Crippen molar-refractivity contribution in [2.75, 3.05) is 4.90 Å². The first-order chi connectivity index (χ1) is 20.5. The van der Waals surface area contributed by atoms with Gasteiger partial charge in [0.2, 0.25) is 0 Å². The van der Waals surface area contributed by atoms with E-state index in [4.69, 9.17) is 4.98 Å². The number of hydrogen-bond acceptors (Lipinski definition) is 6. The lowest BCUT2D eigenvalue weighted by molar-refractivity contribution is 0.0990. The Kier molecular flexibility index (Phi) is 6.12. The molecule has 0 atom stereocenters. The maximum absolute atomic E-state index is 13.0. The molecule has 0 N–H and O–H groups in total. The Morgan fingerprint density at radius 3 is 2.21 bits per heavy atom. The van der Waals surface area contributed by atoms with Crippen LogP contribution in [-0.4, -0.2) is 21.5 Å². The Morgan fingerprint density at radius 1 is 0.767 bits per heavy atom. The highest BCUT2D eigenvalue weighted by atomic mass is 32.1. The van der Waals surface area contributed by atoms with Crippen LogP contribution in [0.1, 0.15) is 77.0 Å². The van der Waals surface area contributed by atoms with Crippen molar-refractivity contribution in [2.24, 2.45) is 0 Å². The lowest BCUT2D eigenvalue weighted by Crippen LogP contribution is -2.17. The number of rotatable bonds is 4. The van der Waals surface area contributed by atoms with Crippen molar-refractivity contribution in [3.63, 3.8) is 0 Å². The Hall–Kier alpha value is -4.68. The summed E-state index contributed by atoms with van der Waals surface area (Å²) in [6.07, 6.45) is 6.75. The van der Waals surface area contributed by atoms with Crippen molar-refractivity contribution in [3.8, 4) is 10.4 Å². The summed E-state index contributed by atoms with van der Waals surface area (Å²) in [5, 5.41) is 0. The van der Waals surface area contributed by atoms with E-state index in [1.807, 2.05) is 12.3 Å². The summed E-state index contributed by atoms with van der Waals surface area (Å²) >= 11 is 1.63. The molecule has 3 aromatic heterocycles. The molecule has 7 rings (SSSR count). The summed E-state index contributed by atoms with van der Waals surface area (Å²) in [4.78, 5) is 39.2. The molecule has 0 unspecified atom stereocenters. The quantitative estimate of drug-likeness (QED) is 0.156. The van der Waals surface area contributed by atoms with Gasteiger partial charge in [-0.3, -0.25) is 19.6 Å². The van der Waals surface area contributed by atoms with E-state index in [1.165, 1.54) is 27.8 Å². The molecule has 43 heavy (non-hydrogen) atoms. The molecule has 2 aromatic carbocycles. The molecule has 2 aliphatic carbocycles. The minimum Gasteiger partial charge on any atom is -0.309 e. The Labute approximate surface area is 255 Å². The third-order valence-electron chi connectivity index (χ3n) is 8.48. The zero-order valence-electron chi connectivity index (χ0n) is 24.8. The van der Waals surface area contributed by atoms with E-state index in [-0.39, 0.29) is 28.0 Å². The summed E-state index contributed by atoms with van der Waals surface area (Å²) < 4.78 is 0. The number of carbonyl (C=O) groups is 2. The SMILES string of the molecule is CC(C)(C)c1ccc(N(c2ccccc2)c2ccc3c(c2)C(C)(C)c2cc(/C=C4\C(=O)c5ccncc5C4=O)sc2-3)cn1. The molecule has 5 aromatic rings. The molecule has 0 fully saturated rings. The van der Waals surface area contributed by atoms with E-state index in [0.29, 0.717) is 11.1 Å². The number of hydrogen-bond donors (Lipinski definition) is 0. The molecule has 0 spiro atoms. The lowest BCUT2D eigenvalue weighted by atomic mass is 9.82. The smallest absolute Gasteiger partial charge is 0.199 e. The van der Waals surface area contributed by atoms with Gasteiger partial charge in [0.05, 0.1) is 23.0 Å². The van der Waals surface area contributed by atoms with E-state index in [9.17, 15) is 9.59 Å². The summed E-state index contributed by atoms with van der Waals surface area (Å²) in [5.41, 5.74) is 8.55. The van der Waals surface area contributed by atoms with Crippen LogP contribution in [0.5, 0.6) is 0 Å². The summed E-state index contributed by atoms with van der Waals surface area (Å²) in [5.74, 6) is -0.483. The molecule has 0 aliphatic heterocycles. The van der Waals surface area contributed by atoms with Crippen molar-refractivity contribution in [3.05, 3.63) is 130 Å². The maximum Gasteiger partial charge on any atom is 0.199 e. The Balaban J connectivity index is 1.28. The number of pyridine rings is 2. The van der Waals surface area contributed by atoms with Crippen LogP contribution in [0.15, 0.2) is 97.0 Å². The van der Waals surface area contributed by atoms with Crippen molar-refractivity contribution in [1.29, 1.82) is 0 Å². The van der Waals surface area contributed by atoms with Crippen molar-refractivity contribution in [1.82, 2.24) is 9.97 Å². The predicted molar refractivity (Wildman–Crippen MR) is 174 cm³/mol. The minimum absolute atomic E-state index is 0.0283. The molecule has 0 amide bonds. The maximum atomic E-state index is 13.0. The van der Waals surface area contributed by atoms with Crippen LogP contribution in [0.2, 0.25) is 0 Å². The second-order valence-corrected chi connectivity index (χ2v) is 13.8. The van der Waals surface area contributed by atoms with E-state index in [0.717, 1.165) is 27.6 Å². The summed E-state index contributed by atoms with van der Waals surface area (Å²) in [6, 6.07) is 25.1. The van der Waals surface area contributed by atoms with Gasteiger partial charge in [-0.05, 0) is 71.3 Å². The van der Waals surface area contributed by atoms with Crippen molar-refractivity contribution < 1.29 is 9.59 Å². The van der Waals surface area contributed by atoms with Gasteiger partial charge < -0.3 is 4.90 Å². The van der Waals surface area contributed by atoms with E-state index < -0.39 is 0 Å². The number of benzene rings is 2. The first kappa shape index (κ1) is 27.2. The number of thiophene rings is 1. The molecule has 3 heterocycles. The number of carbonyl (C=O) groups excluding carboxylic acids is 2. The van der Waals surface area contributed by atoms with Crippen LogP contribution >= 0.6 is 11.3 Å². The van der Waals surface area contributed by atoms with Crippen LogP contribution in [0.4, 0.5) is 17.1 Å². The number of para-hydroxylation sites is 1. The first-order valence-electron chi connectivity index (χ1n) is 14.4. The Bertz CT molecular complexity index is 1920. The first-order valence-corrected chi connectivity index (χ1v) is 15.2. The van der Waals surface area contributed by atoms with Gasteiger partial charge in [-0.15, -0.1) is 11.3 Å². The molecule has 0 bridgehead atoms. The second-order valence-electron chi connectivity index (χ2n) is 12.7. The van der Waals surface area contributed by atoms with Gasteiger partial charge in [0.1, 0.15) is 0 Å². The van der Waals surface area contributed by atoms with E-state index in [1.54, 1.807) is 29.7 Å². The van der Waals surface area contributed by atoms with E-state index >= 15 is 0 Å². The summed E-state index contributed by atoms with van der Waals surface area (Å²) in [6.45, 7) is 11.0. The molecular weight excluding hydrogens is 550 g/mol. The van der Waals surface area contributed by atoms with Crippen LogP contribution in [-0.2, 0) is 10.8 Å². The monoisotopic (exact) mass is 581 g/mol. The Morgan fingerprint density at radius 2 is 1.51 bits per heavy atom. The molecule has 212 valence electrons.